The third-order valence-electron chi connectivity index (χ3n) is 6.10. The molecule has 0 saturated heterocycles. The lowest BCUT2D eigenvalue weighted by atomic mass is 10.0. The largest absolute Gasteiger partial charge is 0.472 e. The van der Waals surface area contributed by atoms with E-state index in [9.17, 15) is 0 Å². The van der Waals surface area contributed by atoms with Gasteiger partial charge < -0.3 is 4.42 Å². The predicted octanol–water partition coefficient (Wildman–Crippen LogP) is 10.6. The molecule has 0 fully saturated rings. The van der Waals surface area contributed by atoms with Gasteiger partial charge in [0.25, 0.3) is 0 Å². The predicted molar refractivity (Wildman–Crippen MR) is 148 cm³/mol. The minimum atomic E-state index is 1.01. The monoisotopic (exact) mass is 448 g/mol. The minimum absolute atomic E-state index is 1.01. The van der Waals surface area contributed by atoms with Crippen molar-refractivity contribution in [3.05, 3.63) is 95.1 Å². The zero-order valence-electron chi connectivity index (χ0n) is 22.1. The average Bonchev–Trinajstić information content (AvgIpc) is 3.27. The topological polar surface area (TPSA) is 13.1 Å². The molecule has 0 aliphatic heterocycles. The number of rotatable bonds is 17. The van der Waals surface area contributed by atoms with Crippen molar-refractivity contribution in [2.45, 2.75) is 105 Å². The van der Waals surface area contributed by atoms with Crippen molar-refractivity contribution in [3.8, 4) is 0 Å². The highest BCUT2D eigenvalue weighted by molar-refractivity contribution is 5.10. The first-order valence-corrected chi connectivity index (χ1v) is 12.8. The van der Waals surface area contributed by atoms with Crippen molar-refractivity contribution < 1.29 is 4.42 Å². The Labute approximate surface area is 204 Å². The summed E-state index contributed by atoms with van der Waals surface area (Å²) in [5.74, 6) is 0. The van der Waals surface area contributed by atoms with Crippen LogP contribution in [0.5, 0.6) is 0 Å². The maximum absolute atomic E-state index is 5.13. The molecular formula is C32H48O. The first-order chi connectivity index (χ1) is 15.9. The second kappa shape index (κ2) is 18.2. The van der Waals surface area contributed by atoms with Gasteiger partial charge in [-0.05, 0) is 117 Å². The minimum Gasteiger partial charge on any atom is -0.472 e. The number of furan rings is 1. The second-order valence-electron chi connectivity index (χ2n) is 9.57. The van der Waals surface area contributed by atoms with Gasteiger partial charge in [0, 0.05) is 0 Å². The van der Waals surface area contributed by atoms with Crippen molar-refractivity contribution in [3.63, 3.8) is 0 Å². The van der Waals surface area contributed by atoms with Gasteiger partial charge in [-0.2, -0.15) is 0 Å². The smallest absolute Gasteiger partial charge is 0.0934 e. The van der Waals surface area contributed by atoms with E-state index < -0.39 is 0 Å². The van der Waals surface area contributed by atoms with Crippen molar-refractivity contribution in [2.24, 2.45) is 0 Å². The molecule has 1 heteroatoms. The number of hydrogen-bond donors (Lipinski definition) is 0. The van der Waals surface area contributed by atoms with E-state index >= 15 is 0 Å². The zero-order chi connectivity index (χ0) is 24.3. The third kappa shape index (κ3) is 16.1. The van der Waals surface area contributed by atoms with Crippen molar-refractivity contribution in [1.29, 1.82) is 0 Å². The molecule has 0 aromatic carbocycles. The number of hydrogen-bond acceptors (Lipinski definition) is 1. The Morgan fingerprint density at radius 1 is 0.667 bits per heavy atom. The van der Waals surface area contributed by atoms with E-state index in [2.05, 4.69) is 77.6 Å². The highest BCUT2D eigenvalue weighted by Crippen LogP contribution is 2.15. The molecule has 0 aliphatic carbocycles. The molecule has 0 bridgehead atoms. The van der Waals surface area contributed by atoms with Crippen LogP contribution >= 0.6 is 0 Å². The second-order valence-corrected chi connectivity index (χ2v) is 9.57. The van der Waals surface area contributed by atoms with Crippen molar-refractivity contribution >= 4 is 0 Å². The number of allylic oxidation sites excluding steroid dienone is 11. The lowest BCUT2D eigenvalue weighted by Crippen LogP contribution is -1.84. The van der Waals surface area contributed by atoms with Crippen LogP contribution in [0.3, 0.4) is 0 Å². The maximum atomic E-state index is 5.13. The molecule has 1 nitrogen and oxygen atoms in total. The summed E-state index contributed by atoms with van der Waals surface area (Å²) in [4.78, 5) is 0. The lowest BCUT2D eigenvalue weighted by molar-refractivity contribution is 0.564. The summed E-state index contributed by atoms with van der Waals surface area (Å²) in [5, 5.41) is 0. The Kier molecular flexibility index (Phi) is 15.8. The molecule has 0 spiro atoms. The molecule has 0 radical (unpaired) electrons. The number of aryl methyl sites for hydroxylation is 1. The van der Waals surface area contributed by atoms with Crippen LogP contribution in [-0.2, 0) is 6.42 Å². The molecule has 1 aromatic rings. The summed E-state index contributed by atoms with van der Waals surface area (Å²) in [5.41, 5.74) is 8.74. The van der Waals surface area contributed by atoms with Crippen LogP contribution in [-0.4, -0.2) is 0 Å². The average molecular weight is 449 g/mol. The first-order valence-electron chi connectivity index (χ1n) is 12.8. The molecule has 0 atom stereocenters. The lowest BCUT2D eigenvalue weighted by Gasteiger charge is -2.03. The van der Waals surface area contributed by atoms with E-state index in [1.54, 1.807) is 6.26 Å². The zero-order valence-corrected chi connectivity index (χ0v) is 22.1. The van der Waals surface area contributed by atoms with Gasteiger partial charge in [-0.1, -0.05) is 64.3 Å². The molecule has 0 saturated carbocycles. The van der Waals surface area contributed by atoms with Gasteiger partial charge in [-0.15, -0.1) is 6.58 Å². The molecule has 1 rings (SSSR count). The Balaban J connectivity index is 2.19. The summed E-state index contributed by atoms with van der Waals surface area (Å²) in [6.45, 7) is 15.1. The van der Waals surface area contributed by atoms with E-state index in [1.807, 2.05) is 12.3 Å². The molecule has 182 valence electrons. The van der Waals surface area contributed by atoms with Crippen molar-refractivity contribution in [1.82, 2.24) is 0 Å². The molecule has 0 N–H and O–H groups in total. The summed E-state index contributed by atoms with van der Waals surface area (Å²) in [6, 6.07) is 2.05. The van der Waals surface area contributed by atoms with Gasteiger partial charge in [0.05, 0.1) is 12.5 Å². The highest BCUT2D eigenvalue weighted by Gasteiger charge is 1.96. The van der Waals surface area contributed by atoms with E-state index in [-0.39, 0.29) is 0 Å². The Morgan fingerprint density at radius 2 is 1.09 bits per heavy atom. The highest BCUT2D eigenvalue weighted by atomic mass is 16.3. The molecule has 0 amide bonds. The SMILES string of the molecule is C=CC/C(C)=C/CC/C(C)=C/CC/C(C)=C/CC/C(C)=C/CC/C(C)=C/CCc1ccoc1. The molecular weight excluding hydrogens is 400 g/mol. The summed E-state index contributed by atoms with van der Waals surface area (Å²) in [6.07, 6.45) is 30.0. The molecule has 1 heterocycles. The quantitative estimate of drug-likeness (QED) is 0.216. The maximum Gasteiger partial charge on any atom is 0.0934 e. The van der Waals surface area contributed by atoms with Crippen LogP contribution in [0.1, 0.15) is 104 Å². The molecule has 0 aliphatic rings. The van der Waals surface area contributed by atoms with Gasteiger partial charge in [0.1, 0.15) is 0 Å². The summed E-state index contributed by atoms with van der Waals surface area (Å²) < 4.78 is 5.13. The van der Waals surface area contributed by atoms with Crippen LogP contribution in [0, 0.1) is 0 Å². The van der Waals surface area contributed by atoms with Crippen LogP contribution in [0.25, 0.3) is 0 Å². The summed E-state index contributed by atoms with van der Waals surface area (Å²) >= 11 is 0. The summed E-state index contributed by atoms with van der Waals surface area (Å²) in [7, 11) is 0. The van der Waals surface area contributed by atoms with Crippen molar-refractivity contribution in [2.75, 3.05) is 0 Å². The fourth-order valence-corrected chi connectivity index (χ4v) is 3.82. The van der Waals surface area contributed by atoms with Gasteiger partial charge in [-0.25, -0.2) is 0 Å². The molecule has 1 aromatic heterocycles. The van der Waals surface area contributed by atoms with Crippen LogP contribution in [0.15, 0.2) is 93.9 Å². The first kappa shape index (κ1) is 28.8. The van der Waals surface area contributed by atoms with Crippen LogP contribution < -0.4 is 0 Å². The fourth-order valence-electron chi connectivity index (χ4n) is 3.82. The van der Waals surface area contributed by atoms with Gasteiger partial charge in [0.15, 0.2) is 0 Å². The fraction of sp³-hybridized carbons (Fsp3) is 0.500. The molecule has 33 heavy (non-hydrogen) atoms. The Morgan fingerprint density at radius 3 is 1.48 bits per heavy atom. The Bertz CT molecular complexity index is 809. The normalized spacial score (nSPS) is 14.2. The van der Waals surface area contributed by atoms with Gasteiger partial charge in [-0.3, -0.25) is 0 Å². The third-order valence-corrected chi connectivity index (χ3v) is 6.10. The van der Waals surface area contributed by atoms with E-state index in [0.717, 1.165) is 51.4 Å². The van der Waals surface area contributed by atoms with Crippen LogP contribution in [0.2, 0.25) is 0 Å². The van der Waals surface area contributed by atoms with Crippen LogP contribution in [0.4, 0.5) is 0 Å². The standard InChI is InChI=1S/C32H48O/c1-7-13-27(2)14-8-15-28(3)16-9-17-29(4)18-10-19-30(5)20-11-21-31(6)22-12-23-32-24-25-33-26-32/h7,14,16,18,20,22,24-26H,1,8-13,15,17,19,21,23H2,2-6H3/b27-14+,28-16+,29-18+,30-20+,31-22+. The van der Waals surface area contributed by atoms with E-state index in [0.29, 0.717) is 0 Å². The van der Waals surface area contributed by atoms with E-state index in [4.69, 9.17) is 4.42 Å². The van der Waals surface area contributed by atoms with Gasteiger partial charge in [0.2, 0.25) is 0 Å². The van der Waals surface area contributed by atoms with Gasteiger partial charge >= 0.3 is 0 Å². The Hall–Kier alpha value is -2.28. The molecule has 0 unspecified atom stereocenters. The van der Waals surface area contributed by atoms with E-state index in [1.165, 1.54) is 52.7 Å².